The molecule has 0 rings (SSSR count). The van der Waals surface area contributed by atoms with Crippen LogP contribution in [-0.2, 0) is 0 Å². The Morgan fingerprint density at radius 1 is 0.303 bits per heavy atom. The first-order valence-electron chi connectivity index (χ1n) is 16.3. The average molecular weight is 465 g/mol. The second kappa shape index (κ2) is 30.0. The van der Waals surface area contributed by atoms with Gasteiger partial charge in [-0.05, 0) is 5.92 Å². The number of rotatable bonds is 29. The highest BCUT2D eigenvalue weighted by Crippen LogP contribution is 2.17. The van der Waals surface area contributed by atoms with Crippen molar-refractivity contribution in [1.82, 2.24) is 0 Å². The van der Waals surface area contributed by atoms with Crippen molar-refractivity contribution >= 4 is 0 Å². The molecule has 0 aromatic rings. The third-order valence-electron chi connectivity index (χ3n) is 8.00. The molecule has 0 saturated heterocycles. The molecule has 1 atom stereocenters. The maximum absolute atomic E-state index is 2.40. The molecule has 33 heavy (non-hydrogen) atoms. The molecule has 0 aromatic heterocycles. The normalized spacial score (nSPS) is 12.5. The van der Waals surface area contributed by atoms with Crippen molar-refractivity contribution in [3.8, 4) is 0 Å². The van der Waals surface area contributed by atoms with Gasteiger partial charge in [0.05, 0.1) is 0 Å². The number of hydrogen-bond acceptors (Lipinski definition) is 0. The second-order valence-electron chi connectivity index (χ2n) is 11.5. The van der Waals surface area contributed by atoms with Gasteiger partial charge in [0.25, 0.3) is 0 Å². The van der Waals surface area contributed by atoms with Crippen molar-refractivity contribution in [2.45, 2.75) is 207 Å². The lowest BCUT2D eigenvalue weighted by Gasteiger charge is -2.07. The van der Waals surface area contributed by atoms with Crippen LogP contribution in [0.5, 0.6) is 0 Å². The maximum Gasteiger partial charge on any atom is -0.0445 e. The molecule has 0 spiro atoms. The van der Waals surface area contributed by atoms with E-state index in [1.807, 2.05) is 0 Å². The quantitative estimate of drug-likeness (QED) is 0.0965. The Balaban J connectivity index is 3.01. The van der Waals surface area contributed by atoms with Gasteiger partial charge in [-0.3, -0.25) is 0 Å². The van der Waals surface area contributed by atoms with Crippen molar-refractivity contribution in [2.24, 2.45) is 5.92 Å². The molecule has 0 amide bonds. The molecule has 0 bridgehead atoms. The Morgan fingerprint density at radius 3 is 0.727 bits per heavy atom. The molecule has 0 aromatic carbocycles. The van der Waals surface area contributed by atoms with E-state index in [0.717, 1.165) is 5.92 Å². The lowest BCUT2D eigenvalue weighted by molar-refractivity contribution is 0.468. The fourth-order valence-electron chi connectivity index (χ4n) is 5.19. The largest absolute Gasteiger partial charge is 0.0654 e. The molecular formula is C33H68. The van der Waals surface area contributed by atoms with Crippen LogP contribution in [0.1, 0.15) is 207 Å². The van der Waals surface area contributed by atoms with E-state index in [1.165, 1.54) is 186 Å². The molecule has 0 nitrogen and oxygen atoms in total. The average Bonchev–Trinajstić information content (AvgIpc) is 2.83. The van der Waals surface area contributed by atoms with Crippen LogP contribution in [0.25, 0.3) is 0 Å². The molecule has 1 unspecified atom stereocenters. The summed E-state index contributed by atoms with van der Waals surface area (Å²) in [6, 6.07) is 0. The van der Waals surface area contributed by atoms with E-state index >= 15 is 0 Å². The minimum absolute atomic E-state index is 0.948. The molecule has 0 saturated carbocycles. The summed E-state index contributed by atoms with van der Waals surface area (Å²) in [5.74, 6) is 0.948. The Kier molecular flexibility index (Phi) is 30.0. The predicted molar refractivity (Wildman–Crippen MR) is 154 cm³/mol. The van der Waals surface area contributed by atoms with Crippen LogP contribution < -0.4 is 0 Å². The first-order valence-corrected chi connectivity index (χ1v) is 16.3. The summed E-state index contributed by atoms with van der Waals surface area (Å²) in [5, 5.41) is 0. The zero-order valence-corrected chi connectivity index (χ0v) is 24.1. The van der Waals surface area contributed by atoms with Crippen LogP contribution >= 0.6 is 0 Å². The molecule has 0 fully saturated rings. The van der Waals surface area contributed by atoms with Gasteiger partial charge < -0.3 is 0 Å². The molecule has 0 aliphatic rings. The van der Waals surface area contributed by atoms with Crippen LogP contribution in [0.15, 0.2) is 0 Å². The zero-order chi connectivity index (χ0) is 24.1. The van der Waals surface area contributed by atoms with E-state index < -0.39 is 0 Å². The Hall–Kier alpha value is 0. The highest BCUT2D eigenvalue weighted by Gasteiger charge is 1.99. The van der Waals surface area contributed by atoms with E-state index in [-0.39, 0.29) is 0 Å². The molecule has 0 aliphatic heterocycles. The van der Waals surface area contributed by atoms with Crippen LogP contribution in [0.2, 0.25) is 0 Å². The Bertz CT molecular complexity index is 320. The van der Waals surface area contributed by atoms with Crippen LogP contribution in [-0.4, -0.2) is 0 Å². The molecule has 0 N–H and O–H groups in total. The number of unbranched alkanes of at least 4 members (excludes halogenated alkanes) is 26. The minimum atomic E-state index is 0.948. The van der Waals surface area contributed by atoms with Gasteiger partial charge in [-0.15, -0.1) is 0 Å². The first-order chi connectivity index (χ1) is 16.3. The lowest BCUT2D eigenvalue weighted by Crippen LogP contribution is -1.91. The fourth-order valence-corrected chi connectivity index (χ4v) is 5.19. The molecule has 0 aliphatic carbocycles. The standard InChI is InChI=1S/C33H68/c1-4-6-7-8-9-10-11-12-13-14-15-16-17-18-19-20-21-22-23-24-25-26-27-28-29-30-31-32-33(3)5-2/h33H,4-32H2,1-3H3. The molecular weight excluding hydrogens is 396 g/mol. The van der Waals surface area contributed by atoms with Gasteiger partial charge in [0.15, 0.2) is 0 Å². The second-order valence-corrected chi connectivity index (χ2v) is 11.5. The van der Waals surface area contributed by atoms with Crippen molar-refractivity contribution in [3.63, 3.8) is 0 Å². The molecule has 0 heteroatoms. The Morgan fingerprint density at radius 2 is 0.515 bits per heavy atom. The van der Waals surface area contributed by atoms with Crippen LogP contribution in [0, 0.1) is 5.92 Å². The number of hydrogen-bond donors (Lipinski definition) is 0. The highest BCUT2D eigenvalue weighted by atomic mass is 14.0. The smallest absolute Gasteiger partial charge is 0.0445 e. The summed E-state index contributed by atoms with van der Waals surface area (Å²) >= 11 is 0. The molecule has 0 radical (unpaired) electrons. The summed E-state index contributed by atoms with van der Waals surface area (Å²) in [4.78, 5) is 0. The minimum Gasteiger partial charge on any atom is -0.0654 e. The van der Waals surface area contributed by atoms with E-state index in [2.05, 4.69) is 20.8 Å². The van der Waals surface area contributed by atoms with Gasteiger partial charge >= 0.3 is 0 Å². The van der Waals surface area contributed by atoms with Crippen molar-refractivity contribution < 1.29 is 0 Å². The summed E-state index contributed by atoms with van der Waals surface area (Å²) in [6.45, 7) is 7.04. The van der Waals surface area contributed by atoms with E-state index in [1.54, 1.807) is 0 Å². The predicted octanol–water partition coefficient (Wildman–Crippen LogP) is 13.0. The van der Waals surface area contributed by atoms with Gasteiger partial charge in [0, 0.05) is 0 Å². The van der Waals surface area contributed by atoms with Gasteiger partial charge in [-0.2, -0.15) is 0 Å². The summed E-state index contributed by atoms with van der Waals surface area (Å²) in [7, 11) is 0. The van der Waals surface area contributed by atoms with Crippen molar-refractivity contribution in [1.29, 1.82) is 0 Å². The zero-order valence-electron chi connectivity index (χ0n) is 24.1. The lowest BCUT2D eigenvalue weighted by atomic mass is 9.99. The summed E-state index contributed by atoms with van der Waals surface area (Å²) in [5.41, 5.74) is 0. The monoisotopic (exact) mass is 465 g/mol. The van der Waals surface area contributed by atoms with Gasteiger partial charge in [-0.1, -0.05) is 207 Å². The van der Waals surface area contributed by atoms with Crippen LogP contribution in [0.4, 0.5) is 0 Å². The van der Waals surface area contributed by atoms with Gasteiger partial charge in [0.2, 0.25) is 0 Å². The van der Waals surface area contributed by atoms with Gasteiger partial charge in [-0.25, -0.2) is 0 Å². The Labute approximate surface area is 212 Å². The highest BCUT2D eigenvalue weighted by molar-refractivity contribution is 4.53. The maximum atomic E-state index is 2.40. The fraction of sp³-hybridized carbons (Fsp3) is 1.00. The third kappa shape index (κ3) is 30.0. The topological polar surface area (TPSA) is 0 Å². The van der Waals surface area contributed by atoms with Crippen molar-refractivity contribution in [2.75, 3.05) is 0 Å². The van der Waals surface area contributed by atoms with E-state index in [9.17, 15) is 0 Å². The molecule has 200 valence electrons. The van der Waals surface area contributed by atoms with Crippen molar-refractivity contribution in [3.05, 3.63) is 0 Å². The summed E-state index contributed by atoms with van der Waals surface area (Å²) in [6.07, 6.45) is 42.8. The van der Waals surface area contributed by atoms with Gasteiger partial charge in [0.1, 0.15) is 0 Å². The van der Waals surface area contributed by atoms with E-state index in [0.29, 0.717) is 0 Å². The summed E-state index contributed by atoms with van der Waals surface area (Å²) < 4.78 is 0. The SMILES string of the molecule is CCCCCCCCCCCCCCCCCCCCCCCCCCCCCC(C)CC. The first kappa shape index (κ1) is 33.0. The van der Waals surface area contributed by atoms with E-state index in [4.69, 9.17) is 0 Å². The third-order valence-corrected chi connectivity index (χ3v) is 8.00. The van der Waals surface area contributed by atoms with Crippen LogP contribution in [0.3, 0.4) is 0 Å². The molecule has 0 heterocycles.